The van der Waals surface area contributed by atoms with E-state index in [2.05, 4.69) is 20.6 Å². The Morgan fingerprint density at radius 1 is 1.24 bits per heavy atom. The van der Waals surface area contributed by atoms with Gasteiger partial charge in [-0.2, -0.15) is 5.10 Å². The molecule has 4 aromatic rings. The van der Waals surface area contributed by atoms with Gasteiger partial charge in [0.2, 0.25) is 0 Å². The van der Waals surface area contributed by atoms with Gasteiger partial charge in [0.1, 0.15) is 17.2 Å². The van der Waals surface area contributed by atoms with Crippen LogP contribution in [0.15, 0.2) is 40.9 Å². The van der Waals surface area contributed by atoms with Crippen LogP contribution in [0.5, 0.6) is 5.75 Å². The summed E-state index contributed by atoms with van der Waals surface area (Å²) in [5.41, 5.74) is 3.08. The highest BCUT2D eigenvalue weighted by Gasteiger charge is 2.28. The number of nitrogens with one attached hydrogen (secondary N) is 1. The Balaban J connectivity index is 1.32. The summed E-state index contributed by atoms with van der Waals surface area (Å²) in [6.07, 6.45) is 0.605. The third kappa shape index (κ3) is 4.05. The first-order valence-corrected chi connectivity index (χ1v) is 11.4. The molecular weight excluding hydrogens is 456 g/mol. The van der Waals surface area contributed by atoms with Crippen LogP contribution in [0.3, 0.4) is 0 Å². The number of carbonyl (C=O) groups is 2. The molecule has 11 heteroatoms. The number of thiazole rings is 1. The lowest BCUT2D eigenvalue weighted by Gasteiger charge is -2.25. The summed E-state index contributed by atoms with van der Waals surface area (Å²) in [4.78, 5) is 32.9. The van der Waals surface area contributed by atoms with Gasteiger partial charge in [0.05, 0.1) is 25.0 Å². The molecule has 4 heterocycles. The Morgan fingerprint density at radius 3 is 2.82 bits per heavy atom. The Morgan fingerprint density at radius 2 is 2.06 bits per heavy atom. The fourth-order valence-electron chi connectivity index (χ4n) is 3.87. The summed E-state index contributed by atoms with van der Waals surface area (Å²) in [6.45, 7) is 2.67. The normalized spacial score (nSPS) is 13.0. The monoisotopic (exact) mass is 478 g/mol. The fourth-order valence-corrected chi connectivity index (χ4v) is 4.89. The summed E-state index contributed by atoms with van der Waals surface area (Å²) in [7, 11) is 3.37. The van der Waals surface area contributed by atoms with E-state index in [1.807, 2.05) is 24.3 Å². The summed E-state index contributed by atoms with van der Waals surface area (Å²) in [6, 6.07) is 10.9. The summed E-state index contributed by atoms with van der Waals surface area (Å²) in [5, 5.41) is 11.5. The fraction of sp³-hybridized carbons (Fsp3) is 0.261. The molecular formula is C23H22N6O4S. The van der Waals surface area contributed by atoms with Crippen LogP contribution in [0, 0.1) is 6.92 Å². The van der Waals surface area contributed by atoms with Gasteiger partial charge in [0.15, 0.2) is 10.8 Å². The first-order chi connectivity index (χ1) is 16.4. The Hall–Kier alpha value is -3.99. The molecule has 0 fully saturated rings. The highest BCUT2D eigenvalue weighted by atomic mass is 32.1. The van der Waals surface area contributed by atoms with Crippen LogP contribution < -0.4 is 10.1 Å². The molecule has 1 aliphatic rings. The topological polar surface area (TPSA) is 115 Å². The predicted molar refractivity (Wildman–Crippen MR) is 125 cm³/mol. The maximum Gasteiger partial charge on any atom is 0.279 e. The van der Waals surface area contributed by atoms with Crippen molar-refractivity contribution in [1.29, 1.82) is 0 Å². The minimum absolute atomic E-state index is 0.112. The zero-order chi connectivity index (χ0) is 23.8. The number of methoxy groups -OCH3 is 1. The number of anilines is 1. The molecule has 174 valence electrons. The molecule has 5 rings (SSSR count). The molecule has 1 N–H and O–H groups in total. The van der Waals surface area contributed by atoms with Gasteiger partial charge in [-0.3, -0.25) is 19.6 Å². The van der Waals surface area contributed by atoms with Crippen LogP contribution in [-0.2, 0) is 20.0 Å². The minimum Gasteiger partial charge on any atom is -0.496 e. The molecule has 0 atom stereocenters. The lowest BCUT2D eigenvalue weighted by Crippen LogP contribution is -2.36. The minimum atomic E-state index is -0.380. The molecule has 34 heavy (non-hydrogen) atoms. The van der Waals surface area contributed by atoms with Gasteiger partial charge in [-0.15, -0.1) is 0 Å². The van der Waals surface area contributed by atoms with Crippen molar-refractivity contribution in [3.8, 4) is 17.0 Å². The molecule has 0 bridgehead atoms. The van der Waals surface area contributed by atoms with Crippen molar-refractivity contribution in [1.82, 2.24) is 24.8 Å². The lowest BCUT2D eigenvalue weighted by atomic mass is 10.1. The molecule has 2 amide bonds. The van der Waals surface area contributed by atoms with E-state index in [9.17, 15) is 9.59 Å². The number of para-hydroxylation sites is 1. The SMILES string of the molecule is COc1ccccc1-c1cc(C(=O)N2CCc3nc(NC(=O)c4cc(C)on4)sc3C2)n(C)n1. The van der Waals surface area contributed by atoms with E-state index in [0.717, 1.165) is 16.1 Å². The van der Waals surface area contributed by atoms with Gasteiger partial charge in [-0.25, -0.2) is 4.98 Å². The van der Waals surface area contributed by atoms with Gasteiger partial charge in [-0.05, 0) is 25.1 Å². The highest BCUT2D eigenvalue weighted by Crippen LogP contribution is 2.31. The number of fused-ring (bicyclic) bond motifs is 1. The summed E-state index contributed by atoms with van der Waals surface area (Å²) < 4.78 is 12.0. The standard InChI is InChI=1S/C23H22N6O4S/c1-13-10-17(27-33-13)21(30)25-23-24-15-8-9-29(12-20(15)34-23)22(31)18-11-16(26-28(18)2)14-6-4-5-7-19(14)32-3/h4-7,10-11H,8-9,12H2,1-3H3,(H,24,25,30). The van der Waals surface area contributed by atoms with E-state index in [0.29, 0.717) is 47.5 Å². The molecule has 1 aliphatic heterocycles. The number of rotatable bonds is 5. The first kappa shape index (κ1) is 21.8. The second-order valence-electron chi connectivity index (χ2n) is 7.88. The number of nitrogens with zero attached hydrogens (tertiary/aromatic N) is 5. The van der Waals surface area contributed by atoms with Crippen molar-refractivity contribution in [2.24, 2.45) is 7.05 Å². The van der Waals surface area contributed by atoms with Crippen molar-refractivity contribution in [3.63, 3.8) is 0 Å². The van der Waals surface area contributed by atoms with Crippen molar-refractivity contribution in [2.75, 3.05) is 19.0 Å². The number of carbonyl (C=O) groups excluding carboxylic acids is 2. The summed E-state index contributed by atoms with van der Waals surface area (Å²) >= 11 is 1.36. The van der Waals surface area contributed by atoms with E-state index in [1.165, 1.54) is 11.3 Å². The average Bonchev–Trinajstić information content (AvgIpc) is 3.55. The second kappa shape index (κ2) is 8.75. The number of amides is 2. The molecule has 10 nitrogen and oxygen atoms in total. The van der Waals surface area contributed by atoms with Crippen molar-refractivity contribution < 1.29 is 18.8 Å². The number of benzene rings is 1. The maximum atomic E-state index is 13.3. The van der Waals surface area contributed by atoms with Crippen LogP contribution in [-0.4, -0.2) is 50.3 Å². The van der Waals surface area contributed by atoms with Crippen LogP contribution in [0.2, 0.25) is 0 Å². The molecule has 0 saturated heterocycles. The highest BCUT2D eigenvalue weighted by molar-refractivity contribution is 7.15. The van der Waals surface area contributed by atoms with Crippen molar-refractivity contribution in [3.05, 3.63) is 64.1 Å². The zero-order valence-corrected chi connectivity index (χ0v) is 19.7. The largest absolute Gasteiger partial charge is 0.496 e. The predicted octanol–water partition coefficient (Wildman–Crippen LogP) is 3.30. The van der Waals surface area contributed by atoms with Crippen molar-refractivity contribution >= 4 is 28.3 Å². The van der Waals surface area contributed by atoms with Crippen LogP contribution >= 0.6 is 11.3 Å². The molecule has 0 unspecified atom stereocenters. The van der Waals surface area contributed by atoms with E-state index >= 15 is 0 Å². The van der Waals surface area contributed by atoms with Crippen molar-refractivity contribution in [2.45, 2.75) is 19.9 Å². The van der Waals surface area contributed by atoms with E-state index < -0.39 is 0 Å². The Labute approximate surface area is 199 Å². The second-order valence-corrected chi connectivity index (χ2v) is 8.96. The van der Waals surface area contributed by atoms with Gasteiger partial charge < -0.3 is 14.2 Å². The van der Waals surface area contributed by atoms with Crippen LogP contribution in [0.25, 0.3) is 11.3 Å². The quantitative estimate of drug-likeness (QED) is 0.468. The maximum absolute atomic E-state index is 13.3. The van der Waals surface area contributed by atoms with Gasteiger partial charge in [-0.1, -0.05) is 28.6 Å². The average molecular weight is 479 g/mol. The number of aryl methyl sites for hydroxylation is 2. The van der Waals surface area contributed by atoms with Gasteiger partial charge in [0, 0.05) is 36.5 Å². The van der Waals surface area contributed by atoms with Crippen LogP contribution in [0.4, 0.5) is 5.13 Å². The smallest absolute Gasteiger partial charge is 0.279 e. The number of hydrogen-bond acceptors (Lipinski definition) is 8. The van der Waals surface area contributed by atoms with Gasteiger partial charge >= 0.3 is 0 Å². The third-order valence-corrected chi connectivity index (χ3v) is 6.58. The number of ether oxygens (including phenoxy) is 1. The molecule has 1 aromatic carbocycles. The Bertz CT molecular complexity index is 1390. The lowest BCUT2D eigenvalue weighted by molar-refractivity contribution is 0.0725. The first-order valence-electron chi connectivity index (χ1n) is 10.6. The Kier molecular flexibility index (Phi) is 5.62. The third-order valence-electron chi connectivity index (χ3n) is 5.58. The van der Waals surface area contributed by atoms with E-state index in [1.54, 1.807) is 42.8 Å². The molecule has 3 aromatic heterocycles. The van der Waals surface area contributed by atoms with Gasteiger partial charge in [0.25, 0.3) is 11.8 Å². The summed E-state index contributed by atoms with van der Waals surface area (Å²) in [5.74, 6) is 0.762. The van der Waals surface area contributed by atoms with Crippen LogP contribution in [0.1, 0.15) is 37.3 Å². The molecule has 0 saturated carbocycles. The molecule has 0 radical (unpaired) electrons. The molecule has 0 aliphatic carbocycles. The number of aromatic nitrogens is 4. The molecule has 0 spiro atoms. The van der Waals surface area contributed by atoms with E-state index in [-0.39, 0.29) is 17.5 Å². The number of hydrogen-bond donors (Lipinski definition) is 1. The van der Waals surface area contributed by atoms with E-state index in [4.69, 9.17) is 9.26 Å². The zero-order valence-electron chi connectivity index (χ0n) is 18.9.